The third kappa shape index (κ3) is 4.17. The first-order chi connectivity index (χ1) is 16.3. The third-order valence-corrected chi connectivity index (χ3v) is 7.70. The van der Waals surface area contributed by atoms with Crippen LogP contribution in [0.3, 0.4) is 0 Å². The number of aryl methyl sites for hydroxylation is 1. The largest absolute Gasteiger partial charge is 0.482 e. The Labute approximate surface area is 194 Å². The second kappa shape index (κ2) is 8.61. The summed E-state index contributed by atoms with van der Waals surface area (Å²) in [5, 5.41) is 5.39. The van der Waals surface area contributed by atoms with Crippen LogP contribution in [-0.2, 0) is 26.2 Å². The van der Waals surface area contributed by atoms with Crippen molar-refractivity contribution < 1.29 is 27.2 Å². The Morgan fingerprint density at radius 2 is 1.88 bits per heavy atom. The van der Waals surface area contributed by atoms with E-state index in [2.05, 4.69) is 10.6 Å². The fourth-order valence-electron chi connectivity index (χ4n) is 4.09. The highest BCUT2D eigenvalue weighted by atomic mass is 32.2. The molecule has 3 heterocycles. The number of nitrogens with zero attached hydrogens (tertiary/aromatic N) is 2. The Bertz CT molecular complexity index is 1450. The molecule has 2 aromatic carbocycles. The zero-order chi connectivity index (χ0) is 23.9. The molecule has 5 rings (SSSR count). The number of sulfonamides is 1. The Kier molecular flexibility index (Phi) is 5.62. The van der Waals surface area contributed by atoms with Gasteiger partial charge < -0.3 is 19.8 Å². The maximum Gasteiger partial charge on any atom is 0.419 e. The van der Waals surface area contributed by atoms with E-state index in [9.17, 15) is 22.8 Å². The van der Waals surface area contributed by atoms with E-state index in [1.54, 1.807) is 18.2 Å². The minimum absolute atomic E-state index is 0.0255. The normalized spacial score (nSPS) is 16.2. The minimum Gasteiger partial charge on any atom is -0.482 e. The van der Waals surface area contributed by atoms with Gasteiger partial charge >= 0.3 is 5.76 Å². The predicted octanol–water partition coefficient (Wildman–Crippen LogP) is 1.74. The lowest BCUT2D eigenvalue weighted by Crippen LogP contribution is -2.27. The van der Waals surface area contributed by atoms with Gasteiger partial charge in [0.25, 0.3) is 5.91 Å². The van der Waals surface area contributed by atoms with Crippen molar-refractivity contribution >= 4 is 44.3 Å². The zero-order valence-electron chi connectivity index (χ0n) is 18.1. The smallest absolute Gasteiger partial charge is 0.419 e. The van der Waals surface area contributed by atoms with Crippen molar-refractivity contribution in [1.82, 2.24) is 8.87 Å². The first kappa shape index (κ1) is 22.2. The van der Waals surface area contributed by atoms with Crippen LogP contribution in [0.2, 0.25) is 0 Å². The molecule has 0 atom stereocenters. The average Bonchev–Trinajstić information content (AvgIpc) is 3.45. The number of fused-ring (bicyclic) bond motifs is 2. The highest BCUT2D eigenvalue weighted by molar-refractivity contribution is 7.89. The Morgan fingerprint density at radius 1 is 1.09 bits per heavy atom. The third-order valence-electron chi connectivity index (χ3n) is 5.80. The topological polar surface area (TPSA) is 140 Å². The maximum atomic E-state index is 12.8. The van der Waals surface area contributed by atoms with E-state index in [1.807, 2.05) is 0 Å². The summed E-state index contributed by atoms with van der Waals surface area (Å²) < 4.78 is 38.8. The number of aromatic nitrogens is 1. The minimum atomic E-state index is -3.64. The summed E-state index contributed by atoms with van der Waals surface area (Å²) in [6, 6.07) is 9.21. The van der Waals surface area contributed by atoms with Crippen LogP contribution in [0.1, 0.15) is 19.3 Å². The molecule has 2 amide bonds. The molecule has 178 valence electrons. The summed E-state index contributed by atoms with van der Waals surface area (Å²) >= 11 is 0. The number of hydrogen-bond donors (Lipinski definition) is 2. The molecule has 2 aliphatic heterocycles. The van der Waals surface area contributed by atoms with Crippen molar-refractivity contribution in [2.24, 2.45) is 0 Å². The molecule has 0 saturated carbocycles. The maximum absolute atomic E-state index is 12.8. The van der Waals surface area contributed by atoms with Crippen LogP contribution in [-0.4, -0.2) is 48.8 Å². The molecule has 0 aliphatic carbocycles. The number of hydrogen-bond acceptors (Lipinski definition) is 7. The van der Waals surface area contributed by atoms with E-state index in [0.29, 0.717) is 35.7 Å². The molecule has 12 heteroatoms. The number of carbonyl (C=O) groups excluding carboxylic acids is 2. The summed E-state index contributed by atoms with van der Waals surface area (Å²) in [5.74, 6) is -0.789. The van der Waals surface area contributed by atoms with Gasteiger partial charge in [-0.25, -0.2) is 13.2 Å². The molecule has 3 aromatic rings. The lowest BCUT2D eigenvalue weighted by molar-refractivity contribution is -0.118. The van der Waals surface area contributed by atoms with Gasteiger partial charge in [-0.3, -0.25) is 14.2 Å². The standard InChI is InChI=1S/C22H22N4O7S/c27-20(23-14-3-6-18-16(11-14)24-21(28)13-32-18)7-10-26-17-5-4-15(12-19(17)33-22(26)29)34(30,31)25-8-1-2-9-25/h3-6,11-12H,1-2,7-10,13H2,(H,23,27)(H,24,28). The van der Waals surface area contributed by atoms with Gasteiger partial charge in [0.2, 0.25) is 15.9 Å². The van der Waals surface area contributed by atoms with E-state index in [4.69, 9.17) is 9.15 Å². The number of carbonyl (C=O) groups is 2. The van der Waals surface area contributed by atoms with E-state index < -0.39 is 15.8 Å². The van der Waals surface area contributed by atoms with Crippen molar-refractivity contribution in [2.45, 2.75) is 30.7 Å². The quantitative estimate of drug-likeness (QED) is 0.541. The van der Waals surface area contributed by atoms with Crippen LogP contribution in [0.4, 0.5) is 11.4 Å². The second-order valence-corrected chi connectivity index (χ2v) is 10.0. The van der Waals surface area contributed by atoms with Gasteiger partial charge in [-0.05, 0) is 43.2 Å². The number of nitrogens with one attached hydrogen (secondary N) is 2. The number of benzene rings is 2. The summed E-state index contributed by atoms with van der Waals surface area (Å²) in [7, 11) is -3.64. The number of rotatable bonds is 6. The first-order valence-electron chi connectivity index (χ1n) is 10.8. The van der Waals surface area contributed by atoms with E-state index in [1.165, 1.54) is 27.1 Å². The number of amides is 2. The van der Waals surface area contributed by atoms with Gasteiger partial charge in [0.1, 0.15) is 5.75 Å². The highest BCUT2D eigenvalue weighted by Crippen LogP contribution is 2.30. The summed E-state index contributed by atoms with van der Waals surface area (Å²) in [5.41, 5.74) is 1.49. The molecule has 2 N–H and O–H groups in total. The average molecular weight is 487 g/mol. The van der Waals surface area contributed by atoms with Crippen LogP contribution in [0.25, 0.3) is 11.1 Å². The summed E-state index contributed by atoms with van der Waals surface area (Å²) in [6.45, 7) is 0.937. The Hall–Kier alpha value is -3.64. The molecule has 1 aromatic heterocycles. The van der Waals surface area contributed by atoms with Gasteiger partial charge in [-0.15, -0.1) is 0 Å². The van der Waals surface area contributed by atoms with E-state index in [-0.39, 0.29) is 41.9 Å². The molecular formula is C22H22N4O7S. The number of ether oxygens (including phenoxy) is 1. The lowest BCUT2D eigenvalue weighted by Gasteiger charge is -2.18. The van der Waals surface area contributed by atoms with Crippen molar-refractivity contribution in [2.75, 3.05) is 30.3 Å². The van der Waals surface area contributed by atoms with Crippen LogP contribution in [0.5, 0.6) is 5.75 Å². The van der Waals surface area contributed by atoms with Crippen LogP contribution < -0.4 is 21.1 Å². The molecule has 1 fully saturated rings. The molecule has 1 saturated heterocycles. The first-order valence-corrected chi connectivity index (χ1v) is 12.3. The summed E-state index contributed by atoms with van der Waals surface area (Å²) in [4.78, 5) is 36.4. The van der Waals surface area contributed by atoms with Crippen molar-refractivity contribution in [1.29, 1.82) is 0 Å². The molecular weight excluding hydrogens is 464 g/mol. The van der Waals surface area contributed by atoms with Gasteiger partial charge in [0, 0.05) is 37.8 Å². The Morgan fingerprint density at radius 3 is 2.68 bits per heavy atom. The van der Waals surface area contributed by atoms with Gasteiger partial charge in [0.05, 0.1) is 16.1 Å². The van der Waals surface area contributed by atoms with E-state index >= 15 is 0 Å². The number of anilines is 2. The van der Waals surface area contributed by atoms with Crippen LogP contribution in [0.15, 0.2) is 50.5 Å². The van der Waals surface area contributed by atoms with Crippen LogP contribution in [0, 0.1) is 0 Å². The predicted molar refractivity (Wildman–Crippen MR) is 122 cm³/mol. The molecule has 0 bridgehead atoms. The highest BCUT2D eigenvalue weighted by Gasteiger charge is 2.28. The van der Waals surface area contributed by atoms with Gasteiger partial charge in [0.15, 0.2) is 12.2 Å². The van der Waals surface area contributed by atoms with Gasteiger partial charge in [-0.2, -0.15) is 4.31 Å². The SMILES string of the molecule is O=C(CCn1c(=O)oc2cc(S(=O)(=O)N3CCCC3)ccc21)Nc1ccc2c(c1)NC(=O)CO2. The monoisotopic (exact) mass is 486 g/mol. The fourth-order valence-corrected chi connectivity index (χ4v) is 5.63. The number of oxazole rings is 1. The molecule has 0 unspecified atom stereocenters. The fraction of sp³-hybridized carbons (Fsp3) is 0.318. The second-order valence-electron chi connectivity index (χ2n) is 8.11. The van der Waals surface area contributed by atoms with Crippen molar-refractivity contribution in [3.63, 3.8) is 0 Å². The molecule has 2 aliphatic rings. The van der Waals surface area contributed by atoms with Crippen molar-refractivity contribution in [3.05, 3.63) is 46.9 Å². The van der Waals surface area contributed by atoms with E-state index in [0.717, 1.165) is 12.8 Å². The van der Waals surface area contributed by atoms with Crippen molar-refractivity contribution in [3.8, 4) is 5.75 Å². The molecule has 0 spiro atoms. The summed E-state index contributed by atoms with van der Waals surface area (Å²) in [6.07, 6.45) is 1.62. The Balaban J connectivity index is 1.29. The zero-order valence-corrected chi connectivity index (χ0v) is 18.9. The van der Waals surface area contributed by atoms with Gasteiger partial charge in [-0.1, -0.05) is 0 Å². The molecule has 11 nitrogen and oxygen atoms in total. The van der Waals surface area contributed by atoms with Crippen LogP contribution >= 0.6 is 0 Å². The molecule has 0 radical (unpaired) electrons. The molecule has 34 heavy (non-hydrogen) atoms. The lowest BCUT2D eigenvalue weighted by atomic mass is 10.2.